The van der Waals surface area contributed by atoms with Crippen LogP contribution in [0, 0.1) is 0 Å². The Bertz CT molecular complexity index is 1190. The smallest absolute Gasteiger partial charge is 0.286 e. The molecule has 0 saturated carbocycles. The number of hydrogen-bond donors (Lipinski definition) is 1. The minimum absolute atomic E-state index is 0.0789. The molecule has 9 heteroatoms. The monoisotopic (exact) mass is 414 g/mol. The van der Waals surface area contributed by atoms with Crippen LogP contribution in [0.15, 0.2) is 82.3 Å². The van der Waals surface area contributed by atoms with Crippen LogP contribution >= 0.6 is 11.6 Å². The zero-order chi connectivity index (χ0) is 19.6. The van der Waals surface area contributed by atoms with Gasteiger partial charge in [0.25, 0.3) is 10.0 Å². The topological polar surface area (TPSA) is 90.0 Å². The van der Waals surface area contributed by atoms with Gasteiger partial charge in [0.15, 0.2) is 5.76 Å². The predicted octanol–water partition coefficient (Wildman–Crippen LogP) is 4.04. The van der Waals surface area contributed by atoms with Gasteiger partial charge in [0.05, 0.1) is 11.2 Å². The molecule has 1 N–H and O–H groups in total. The summed E-state index contributed by atoms with van der Waals surface area (Å²) in [5.41, 5.74) is 0.874. The summed E-state index contributed by atoms with van der Waals surface area (Å²) in [7, 11) is -3.94. The van der Waals surface area contributed by atoms with Gasteiger partial charge in [-0.1, -0.05) is 41.9 Å². The van der Waals surface area contributed by atoms with Gasteiger partial charge in [0.1, 0.15) is 0 Å². The van der Waals surface area contributed by atoms with E-state index in [2.05, 4.69) is 15.4 Å². The first-order valence-corrected chi connectivity index (χ1v) is 10.2. The summed E-state index contributed by atoms with van der Waals surface area (Å²) < 4.78 is 32.3. The van der Waals surface area contributed by atoms with Gasteiger partial charge in [-0.05, 0) is 42.0 Å². The lowest BCUT2D eigenvalue weighted by Gasteiger charge is -2.09. The Balaban J connectivity index is 1.74. The second-order valence-corrected chi connectivity index (χ2v) is 8.08. The predicted molar refractivity (Wildman–Crippen MR) is 106 cm³/mol. The molecule has 0 radical (unpaired) electrons. The fraction of sp³-hybridized carbons (Fsp3) is 0.0526. The molecule has 0 aliphatic carbocycles. The van der Waals surface area contributed by atoms with Crippen LogP contribution in [0.25, 0.3) is 11.6 Å². The Morgan fingerprint density at radius 1 is 1.04 bits per heavy atom. The van der Waals surface area contributed by atoms with E-state index >= 15 is 0 Å². The standard InChI is InChI=1S/C19H15ClN4O3S/c20-15-7-4-6-14(12-15)13-21-19-22-18(17-10-5-11-27-17)23-24(19)28(25,26)16-8-2-1-3-9-16/h1-12H,13H2,(H,21,22,23). The highest BCUT2D eigenvalue weighted by atomic mass is 35.5. The summed E-state index contributed by atoms with van der Waals surface area (Å²) in [5, 5.41) is 7.78. The lowest BCUT2D eigenvalue weighted by molar-refractivity contribution is 0.573. The molecule has 0 bridgehead atoms. The molecule has 7 nitrogen and oxygen atoms in total. The summed E-state index contributed by atoms with van der Waals surface area (Å²) in [4.78, 5) is 4.42. The highest BCUT2D eigenvalue weighted by Gasteiger charge is 2.25. The van der Waals surface area contributed by atoms with E-state index in [4.69, 9.17) is 16.0 Å². The van der Waals surface area contributed by atoms with Crippen LogP contribution in [0.4, 0.5) is 5.95 Å². The van der Waals surface area contributed by atoms with Gasteiger partial charge in [-0.2, -0.15) is 13.4 Å². The molecule has 0 aliphatic heterocycles. The third-order valence-electron chi connectivity index (χ3n) is 3.93. The van der Waals surface area contributed by atoms with Crippen molar-refractivity contribution in [2.75, 3.05) is 5.32 Å². The molecule has 0 saturated heterocycles. The minimum Gasteiger partial charge on any atom is -0.461 e. The summed E-state index contributed by atoms with van der Waals surface area (Å²) >= 11 is 6.01. The average Bonchev–Trinajstić information content (AvgIpc) is 3.37. The van der Waals surface area contributed by atoms with Crippen LogP contribution in [0.5, 0.6) is 0 Å². The summed E-state index contributed by atoms with van der Waals surface area (Å²) in [6.07, 6.45) is 1.47. The van der Waals surface area contributed by atoms with Crippen molar-refractivity contribution < 1.29 is 12.8 Å². The SMILES string of the molecule is O=S(=O)(c1ccccc1)n1nc(-c2ccco2)nc1NCc1cccc(Cl)c1. The molecule has 142 valence electrons. The number of rotatable bonds is 6. The normalized spacial score (nSPS) is 11.5. The first kappa shape index (κ1) is 18.3. The van der Waals surface area contributed by atoms with Crippen LogP contribution in [-0.4, -0.2) is 22.6 Å². The van der Waals surface area contributed by atoms with Crippen molar-refractivity contribution >= 4 is 27.6 Å². The number of hydrogen-bond acceptors (Lipinski definition) is 6. The molecule has 0 amide bonds. The third-order valence-corrected chi connectivity index (χ3v) is 5.74. The molecule has 0 unspecified atom stereocenters. The van der Waals surface area contributed by atoms with Gasteiger partial charge in [0, 0.05) is 11.6 Å². The van der Waals surface area contributed by atoms with Crippen molar-refractivity contribution in [2.24, 2.45) is 0 Å². The lowest BCUT2D eigenvalue weighted by atomic mass is 10.2. The molecule has 0 fully saturated rings. The van der Waals surface area contributed by atoms with Gasteiger partial charge >= 0.3 is 0 Å². The van der Waals surface area contributed by atoms with Crippen molar-refractivity contribution in [3.8, 4) is 11.6 Å². The highest BCUT2D eigenvalue weighted by Crippen LogP contribution is 2.23. The molecule has 2 heterocycles. The molecular weight excluding hydrogens is 400 g/mol. The number of halogens is 1. The lowest BCUT2D eigenvalue weighted by Crippen LogP contribution is -2.18. The number of furan rings is 1. The van der Waals surface area contributed by atoms with E-state index in [9.17, 15) is 8.42 Å². The summed E-state index contributed by atoms with van der Waals surface area (Å²) in [6, 6.07) is 18.6. The molecular formula is C19H15ClN4O3S. The van der Waals surface area contributed by atoms with Crippen molar-refractivity contribution in [3.05, 3.63) is 83.6 Å². The van der Waals surface area contributed by atoms with Crippen molar-refractivity contribution in [3.63, 3.8) is 0 Å². The van der Waals surface area contributed by atoms with Crippen LogP contribution in [0.2, 0.25) is 5.02 Å². The van der Waals surface area contributed by atoms with Gasteiger partial charge in [-0.3, -0.25) is 0 Å². The van der Waals surface area contributed by atoms with Crippen LogP contribution < -0.4 is 5.32 Å². The van der Waals surface area contributed by atoms with E-state index in [1.54, 1.807) is 42.5 Å². The van der Waals surface area contributed by atoms with Crippen LogP contribution in [0.1, 0.15) is 5.56 Å². The maximum Gasteiger partial charge on any atom is 0.286 e. The molecule has 2 aromatic heterocycles. The quantitative estimate of drug-likeness (QED) is 0.512. The largest absolute Gasteiger partial charge is 0.461 e. The Morgan fingerprint density at radius 3 is 2.57 bits per heavy atom. The second-order valence-electron chi connectivity index (χ2n) is 5.88. The number of aromatic nitrogens is 3. The summed E-state index contributed by atoms with van der Waals surface area (Å²) in [5.74, 6) is 0.612. The number of benzene rings is 2. The average molecular weight is 415 g/mol. The minimum atomic E-state index is -3.94. The summed E-state index contributed by atoms with van der Waals surface area (Å²) in [6.45, 7) is 0.321. The molecule has 4 rings (SSSR count). The molecule has 28 heavy (non-hydrogen) atoms. The van der Waals surface area contributed by atoms with E-state index in [0.717, 1.165) is 9.65 Å². The number of nitrogens with zero attached hydrogens (tertiary/aromatic N) is 3. The Labute approximate surface area is 166 Å². The van der Waals surface area contributed by atoms with E-state index in [1.165, 1.54) is 18.4 Å². The Morgan fingerprint density at radius 2 is 1.86 bits per heavy atom. The van der Waals surface area contributed by atoms with Gasteiger partial charge in [-0.25, -0.2) is 0 Å². The van der Waals surface area contributed by atoms with Crippen LogP contribution in [-0.2, 0) is 16.6 Å². The van der Waals surface area contributed by atoms with Gasteiger partial charge in [-0.15, -0.1) is 9.19 Å². The Hall–Kier alpha value is -3.10. The third kappa shape index (κ3) is 3.64. The zero-order valence-electron chi connectivity index (χ0n) is 14.5. The molecule has 0 aliphatic rings. The number of anilines is 1. The van der Waals surface area contributed by atoms with E-state index < -0.39 is 10.0 Å². The van der Waals surface area contributed by atoms with Gasteiger partial charge < -0.3 is 9.73 Å². The molecule has 2 aromatic carbocycles. The van der Waals surface area contributed by atoms with Gasteiger partial charge in [0.2, 0.25) is 11.8 Å². The number of nitrogens with one attached hydrogen (secondary N) is 1. The maximum absolute atomic E-state index is 13.1. The molecule has 0 atom stereocenters. The van der Waals surface area contributed by atoms with E-state index in [-0.39, 0.29) is 16.7 Å². The second kappa shape index (κ2) is 7.49. The first-order chi connectivity index (χ1) is 13.5. The van der Waals surface area contributed by atoms with Crippen molar-refractivity contribution in [2.45, 2.75) is 11.4 Å². The molecule has 0 spiro atoms. The van der Waals surface area contributed by atoms with Crippen LogP contribution in [0.3, 0.4) is 0 Å². The fourth-order valence-electron chi connectivity index (χ4n) is 2.60. The van der Waals surface area contributed by atoms with E-state index in [1.807, 2.05) is 12.1 Å². The Kier molecular flexibility index (Phi) is 4.89. The van der Waals surface area contributed by atoms with Crippen molar-refractivity contribution in [1.29, 1.82) is 0 Å². The van der Waals surface area contributed by atoms with Crippen molar-refractivity contribution in [1.82, 2.24) is 14.2 Å². The highest BCUT2D eigenvalue weighted by molar-refractivity contribution is 7.90. The molecule has 4 aromatic rings. The first-order valence-electron chi connectivity index (χ1n) is 8.34. The zero-order valence-corrected chi connectivity index (χ0v) is 16.1. The maximum atomic E-state index is 13.1. The fourth-order valence-corrected chi connectivity index (χ4v) is 4.04. The van der Waals surface area contributed by atoms with E-state index in [0.29, 0.717) is 17.3 Å².